The fourth-order valence-corrected chi connectivity index (χ4v) is 3.18. The number of hydrogen-bond acceptors (Lipinski definition) is 4. The molecule has 0 aliphatic carbocycles. The maximum absolute atomic E-state index is 12.4. The molecule has 5 heteroatoms. The van der Waals surface area contributed by atoms with E-state index < -0.39 is 0 Å². The van der Waals surface area contributed by atoms with Crippen LogP contribution in [0.15, 0.2) is 71.1 Å². The molecule has 2 N–H and O–H groups in total. The van der Waals surface area contributed by atoms with Crippen molar-refractivity contribution in [2.75, 3.05) is 18.4 Å². The van der Waals surface area contributed by atoms with Crippen LogP contribution in [-0.4, -0.2) is 25.1 Å². The highest BCUT2D eigenvalue weighted by Crippen LogP contribution is 2.32. The van der Waals surface area contributed by atoms with Crippen LogP contribution in [0.2, 0.25) is 0 Å². The van der Waals surface area contributed by atoms with Gasteiger partial charge in [-0.15, -0.1) is 0 Å². The van der Waals surface area contributed by atoms with Gasteiger partial charge in [0.15, 0.2) is 5.76 Å². The number of furan rings is 1. The number of ether oxygens (including phenoxy) is 1. The Balaban J connectivity index is 1.52. The number of rotatable bonds is 5. The number of piperidine rings is 1. The second-order valence-corrected chi connectivity index (χ2v) is 6.55. The molecule has 0 radical (unpaired) electrons. The van der Waals surface area contributed by atoms with Crippen molar-refractivity contribution < 1.29 is 13.9 Å². The Morgan fingerprint density at radius 1 is 0.963 bits per heavy atom. The van der Waals surface area contributed by atoms with Gasteiger partial charge in [-0.1, -0.05) is 30.3 Å². The Kier molecular flexibility index (Phi) is 5.21. The van der Waals surface area contributed by atoms with E-state index in [1.807, 2.05) is 60.7 Å². The fraction of sp³-hybridized carbons (Fsp3) is 0.227. The lowest BCUT2D eigenvalue weighted by molar-refractivity contribution is 0.0997. The van der Waals surface area contributed by atoms with Gasteiger partial charge in [0.05, 0.1) is 5.56 Å². The lowest BCUT2D eigenvalue weighted by Gasteiger charge is -2.24. The predicted molar refractivity (Wildman–Crippen MR) is 105 cm³/mol. The van der Waals surface area contributed by atoms with Crippen molar-refractivity contribution in [1.82, 2.24) is 5.32 Å². The third-order valence-corrected chi connectivity index (χ3v) is 4.59. The van der Waals surface area contributed by atoms with E-state index in [1.165, 1.54) is 0 Å². The molecule has 0 bridgehead atoms. The third kappa shape index (κ3) is 4.20. The van der Waals surface area contributed by atoms with E-state index in [9.17, 15) is 4.79 Å². The van der Waals surface area contributed by atoms with Crippen molar-refractivity contribution in [3.05, 3.63) is 72.5 Å². The molecule has 0 unspecified atom stereocenters. The quantitative estimate of drug-likeness (QED) is 0.709. The summed E-state index contributed by atoms with van der Waals surface area (Å²) in [5.41, 5.74) is 1.59. The van der Waals surface area contributed by atoms with Gasteiger partial charge >= 0.3 is 0 Å². The summed E-state index contributed by atoms with van der Waals surface area (Å²) in [4.78, 5) is 12.4. The first-order valence-corrected chi connectivity index (χ1v) is 9.22. The summed E-state index contributed by atoms with van der Waals surface area (Å²) in [5.74, 6) is 1.40. The van der Waals surface area contributed by atoms with Gasteiger partial charge in [-0.3, -0.25) is 4.79 Å². The number of anilines is 1. The summed E-state index contributed by atoms with van der Waals surface area (Å²) >= 11 is 0. The largest absolute Gasteiger partial charge is 0.490 e. The fourth-order valence-electron chi connectivity index (χ4n) is 3.18. The van der Waals surface area contributed by atoms with Gasteiger partial charge in [-0.2, -0.15) is 0 Å². The average molecular weight is 362 g/mol. The monoisotopic (exact) mass is 362 g/mol. The molecule has 5 nitrogen and oxygen atoms in total. The van der Waals surface area contributed by atoms with Crippen LogP contribution in [0.3, 0.4) is 0 Å². The van der Waals surface area contributed by atoms with Crippen molar-refractivity contribution >= 4 is 11.6 Å². The number of benzene rings is 2. The minimum absolute atomic E-state index is 0.197. The van der Waals surface area contributed by atoms with Gasteiger partial charge in [0.25, 0.3) is 5.91 Å². The van der Waals surface area contributed by atoms with Gasteiger partial charge < -0.3 is 19.8 Å². The lowest BCUT2D eigenvalue weighted by Crippen LogP contribution is -2.34. The molecule has 2 heterocycles. The number of nitrogens with one attached hydrogen (secondary N) is 2. The molecule has 2 aromatic carbocycles. The van der Waals surface area contributed by atoms with Crippen molar-refractivity contribution in [3.8, 4) is 17.1 Å². The van der Waals surface area contributed by atoms with Crippen LogP contribution in [0.4, 0.5) is 5.69 Å². The van der Waals surface area contributed by atoms with Crippen LogP contribution >= 0.6 is 0 Å². The second kappa shape index (κ2) is 8.10. The predicted octanol–water partition coefficient (Wildman–Crippen LogP) is 4.33. The van der Waals surface area contributed by atoms with E-state index in [1.54, 1.807) is 6.07 Å². The van der Waals surface area contributed by atoms with Crippen molar-refractivity contribution in [2.24, 2.45) is 0 Å². The van der Waals surface area contributed by atoms with E-state index >= 15 is 0 Å². The molecule has 0 spiro atoms. The Morgan fingerprint density at radius 2 is 1.70 bits per heavy atom. The maximum Gasteiger partial charge on any atom is 0.291 e. The average Bonchev–Trinajstić information content (AvgIpc) is 3.20. The van der Waals surface area contributed by atoms with Crippen molar-refractivity contribution in [1.29, 1.82) is 0 Å². The molecule has 138 valence electrons. The van der Waals surface area contributed by atoms with Crippen molar-refractivity contribution in [3.63, 3.8) is 0 Å². The highest BCUT2D eigenvalue weighted by atomic mass is 16.5. The summed E-state index contributed by atoms with van der Waals surface area (Å²) in [5, 5.41) is 6.17. The molecule has 1 amide bonds. The summed E-state index contributed by atoms with van der Waals surface area (Å²) in [6.07, 6.45) is 2.16. The van der Waals surface area contributed by atoms with Crippen LogP contribution in [0.25, 0.3) is 11.3 Å². The Labute approximate surface area is 158 Å². The van der Waals surface area contributed by atoms with Crippen molar-refractivity contribution in [2.45, 2.75) is 18.9 Å². The normalized spacial score (nSPS) is 14.7. The van der Waals surface area contributed by atoms with Crippen LogP contribution < -0.4 is 15.4 Å². The SMILES string of the molecule is O=C(Nc1ccccc1)c1ccc(-c2ccccc2OC2CCNCC2)o1. The molecule has 27 heavy (non-hydrogen) atoms. The maximum atomic E-state index is 12.4. The molecule has 1 aromatic heterocycles. The molecule has 1 fully saturated rings. The standard InChI is InChI=1S/C22H22N2O3/c25-22(24-16-6-2-1-3-7-16)21-11-10-20(27-21)18-8-4-5-9-19(18)26-17-12-14-23-15-13-17/h1-11,17,23H,12-15H2,(H,24,25). The molecule has 0 saturated carbocycles. The number of para-hydroxylation sites is 2. The van der Waals surface area contributed by atoms with E-state index in [0.29, 0.717) is 5.76 Å². The minimum atomic E-state index is -0.274. The summed E-state index contributed by atoms with van der Waals surface area (Å²) < 4.78 is 12.0. The summed E-state index contributed by atoms with van der Waals surface area (Å²) in [6.45, 7) is 1.94. The Hall–Kier alpha value is -3.05. The minimum Gasteiger partial charge on any atom is -0.490 e. The first-order valence-electron chi connectivity index (χ1n) is 9.22. The number of hydrogen-bond donors (Lipinski definition) is 2. The molecule has 0 atom stereocenters. The van der Waals surface area contributed by atoms with E-state index in [0.717, 1.165) is 42.9 Å². The van der Waals surface area contributed by atoms with E-state index in [-0.39, 0.29) is 17.8 Å². The summed E-state index contributed by atoms with van der Waals surface area (Å²) in [7, 11) is 0. The van der Waals surface area contributed by atoms with Crippen LogP contribution in [0.1, 0.15) is 23.4 Å². The number of carbonyl (C=O) groups is 1. The first kappa shape index (κ1) is 17.4. The third-order valence-electron chi connectivity index (χ3n) is 4.59. The topological polar surface area (TPSA) is 63.5 Å². The number of amides is 1. The zero-order valence-electron chi connectivity index (χ0n) is 15.0. The molecular weight excluding hydrogens is 340 g/mol. The van der Waals surface area contributed by atoms with Gasteiger partial charge in [-0.25, -0.2) is 0 Å². The van der Waals surface area contributed by atoms with Crippen LogP contribution in [0.5, 0.6) is 5.75 Å². The Morgan fingerprint density at radius 3 is 2.52 bits per heavy atom. The highest BCUT2D eigenvalue weighted by Gasteiger charge is 2.19. The summed E-state index contributed by atoms with van der Waals surface area (Å²) in [6, 6.07) is 20.6. The molecule has 1 aliphatic rings. The van der Waals surface area contributed by atoms with Gasteiger partial charge in [0, 0.05) is 5.69 Å². The smallest absolute Gasteiger partial charge is 0.291 e. The Bertz CT molecular complexity index is 899. The zero-order valence-corrected chi connectivity index (χ0v) is 15.0. The lowest BCUT2D eigenvalue weighted by atomic mass is 10.1. The second-order valence-electron chi connectivity index (χ2n) is 6.55. The molecule has 1 saturated heterocycles. The molecule has 1 aliphatic heterocycles. The first-order chi connectivity index (χ1) is 13.3. The van der Waals surface area contributed by atoms with Crippen LogP contribution in [-0.2, 0) is 0 Å². The highest BCUT2D eigenvalue weighted by molar-refractivity contribution is 6.02. The molecule has 4 rings (SSSR count). The number of carbonyl (C=O) groups excluding carboxylic acids is 1. The zero-order chi connectivity index (χ0) is 18.5. The van der Waals surface area contributed by atoms with Gasteiger partial charge in [-0.05, 0) is 62.3 Å². The van der Waals surface area contributed by atoms with Gasteiger partial charge in [0.2, 0.25) is 0 Å². The van der Waals surface area contributed by atoms with Crippen LogP contribution in [0, 0.1) is 0 Å². The molecular formula is C22H22N2O3. The van der Waals surface area contributed by atoms with Gasteiger partial charge in [0.1, 0.15) is 17.6 Å². The molecule has 3 aromatic rings. The van der Waals surface area contributed by atoms with E-state index in [4.69, 9.17) is 9.15 Å². The van der Waals surface area contributed by atoms with E-state index in [2.05, 4.69) is 10.6 Å².